The molecule has 1 aliphatic rings. The summed E-state index contributed by atoms with van der Waals surface area (Å²) in [6.45, 7) is 2.06. The van der Waals surface area contributed by atoms with Crippen molar-refractivity contribution in [2.45, 2.75) is 18.9 Å². The number of carbonyl (C=O) groups is 1. The van der Waals surface area contributed by atoms with Gasteiger partial charge in [0.2, 0.25) is 5.91 Å². The summed E-state index contributed by atoms with van der Waals surface area (Å²) in [5.41, 5.74) is 2.85. The van der Waals surface area contributed by atoms with E-state index in [1.165, 1.54) is 18.2 Å². The second kappa shape index (κ2) is 10.8. The normalized spacial score (nSPS) is 16.4. The first-order valence-corrected chi connectivity index (χ1v) is 10.3. The van der Waals surface area contributed by atoms with E-state index in [4.69, 9.17) is 4.74 Å². The van der Waals surface area contributed by atoms with Gasteiger partial charge in [0.25, 0.3) is 0 Å². The van der Waals surface area contributed by atoms with Crippen LogP contribution in [0.4, 0.5) is 15.8 Å². The van der Waals surface area contributed by atoms with E-state index in [1.807, 2.05) is 36.4 Å². The standard InChI is InChI=1S/C24H30FN3O2/c1-27(2)22-14-16-28(18-22)21-9-7-20(8-10-21)26-24(29)13-6-19-4-11-23(12-5-19)30-17-3-15-25/h4-13,22H,3,14-18H2,1-2H3,(H,26,29). The summed E-state index contributed by atoms with van der Waals surface area (Å²) in [4.78, 5) is 16.9. The molecule has 0 aliphatic carbocycles. The molecular weight excluding hydrogens is 381 g/mol. The van der Waals surface area contributed by atoms with E-state index in [9.17, 15) is 9.18 Å². The minimum absolute atomic E-state index is 0.181. The molecule has 0 spiro atoms. The van der Waals surface area contributed by atoms with Gasteiger partial charge in [-0.25, -0.2) is 0 Å². The maximum atomic E-state index is 12.2. The fraction of sp³-hybridized carbons (Fsp3) is 0.375. The molecule has 1 atom stereocenters. The first-order chi connectivity index (χ1) is 14.5. The minimum Gasteiger partial charge on any atom is -0.493 e. The fourth-order valence-corrected chi connectivity index (χ4v) is 3.43. The fourth-order valence-electron chi connectivity index (χ4n) is 3.43. The molecule has 0 aromatic heterocycles. The van der Waals surface area contributed by atoms with Crippen LogP contribution < -0.4 is 15.0 Å². The number of rotatable bonds is 9. The molecule has 0 saturated carbocycles. The van der Waals surface area contributed by atoms with E-state index in [0.717, 1.165) is 24.3 Å². The first-order valence-electron chi connectivity index (χ1n) is 10.3. The zero-order chi connectivity index (χ0) is 21.3. The van der Waals surface area contributed by atoms with Crippen LogP contribution in [0.5, 0.6) is 5.75 Å². The highest BCUT2D eigenvalue weighted by atomic mass is 19.1. The third-order valence-corrected chi connectivity index (χ3v) is 5.25. The molecule has 2 aromatic rings. The number of carbonyl (C=O) groups excluding carboxylic acids is 1. The Kier molecular flexibility index (Phi) is 7.85. The molecule has 1 fully saturated rings. The Bertz CT molecular complexity index is 835. The van der Waals surface area contributed by atoms with E-state index in [0.29, 0.717) is 24.8 Å². The molecule has 30 heavy (non-hydrogen) atoms. The second-order valence-electron chi connectivity index (χ2n) is 7.68. The van der Waals surface area contributed by atoms with Gasteiger partial charge in [0.15, 0.2) is 0 Å². The van der Waals surface area contributed by atoms with Gasteiger partial charge in [0, 0.05) is 43.0 Å². The molecule has 1 amide bonds. The number of hydrogen-bond donors (Lipinski definition) is 1. The molecule has 3 rings (SSSR count). The molecule has 160 valence electrons. The van der Waals surface area contributed by atoms with Crippen molar-refractivity contribution < 1.29 is 13.9 Å². The van der Waals surface area contributed by atoms with Gasteiger partial charge in [-0.3, -0.25) is 9.18 Å². The molecule has 5 nitrogen and oxygen atoms in total. The van der Waals surface area contributed by atoms with Crippen molar-refractivity contribution in [2.75, 3.05) is 50.7 Å². The van der Waals surface area contributed by atoms with E-state index < -0.39 is 0 Å². The second-order valence-corrected chi connectivity index (χ2v) is 7.68. The summed E-state index contributed by atoms with van der Waals surface area (Å²) in [6, 6.07) is 15.9. The highest BCUT2D eigenvalue weighted by Crippen LogP contribution is 2.24. The SMILES string of the molecule is CN(C)C1CCN(c2ccc(NC(=O)C=Cc3ccc(OCCCF)cc3)cc2)C1. The number of hydrogen-bond acceptors (Lipinski definition) is 4. The first kappa shape index (κ1) is 21.8. The molecule has 1 unspecified atom stereocenters. The van der Waals surface area contributed by atoms with Gasteiger partial charge in [-0.1, -0.05) is 12.1 Å². The van der Waals surface area contributed by atoms with Crippen LogP contribution in [0.3, 0.4) is 0 Å². The molecule has 1 N–H and O–H groups in total. The minimum atomic E-state index is -0.381. The van der Waals surface area contributed by atoms with Crippen LogP contribution in [0.15, 0.2) is 54.6 Å². The molecular formula is C24H30FN3O2. The van der Waals surface area contributed by atoms with Crippen molar-refractivity contribution in [1.82, 2.24) is 4.90 Å². The number of anilines is 2. The smallest absolute Gasteiger partial charge is 0.248 e. The topological polar surface area (TPSA) is 44.8 Å². The van der Waals surface area contributed by atoms with Gasteiger partial charge in [-0.15, -0.1) is 0 Å². The van der Waals surface area contributed by atoms with E-state index in [-0.39, 0.29) is 12.6 Å². The van der Waals surface area contributed by atoms with Crippen LogP contribution in [0.2, 0.25) is 0 Å². The predicted octanol–water partition coefficient (Wildman–Crippen LogP) is 4.22. The third-order valence-electron chi connectivity index (χ3n) is 5.25. The third kappa shape index (κ3) is 6.32. The number of alkyl halides is 1. The number of nitrogens with one attached hydrogen (secondary N) is 1. The molecule has 1 saturated heterocycles. The molecule has 0 radical (unpaired) electrons. The maximum absolute atomic E-state index is 12.2. The zero-order valence-corrected chi connectivity index (χ0v) is 17.7. The Labute approximate surface area is 178 Å². The van der Waals surface area contributed by atoms with Crippen molar-refractivity contribution in [1.29, 1.82) is 0 Å². The van der Waals surface area contributed by atoms with Gasteiger partial charge < -0.3 is 19.9 Å². The summed E-state index contributed by atoms with van der Waals surface area (Å²) < 4.78 is 17.5. The summed E-state index contributed by atoms with van der Waals surface area (Å²) in [7, 11) is 4.25. The largest absolute Gasteiger partial charge is 0.493 e. The Morgan fingerprint density at radius 2 is 1.93 bits per heavy atom. The molecule has 6 heteroatoms. The molecule has 2 aromatic carbocycles. The van der Waals surface area contributed by atoms with Crippen molar-refractivity contribution >= 4 is 23.4 Å². The maximum Gasteiger partial charge on any atom is 0.248 e. The van der Waals surface area contributed by atoms with Crippen molar-refractivity contribution in [3.05, 3.63) is 60.2 Å². The molecule has 1 heterocycles. The monoisotopic (exact) mass is 411 g/mol. The van der Waals surface area contributed by atoms with Gasteiger partial charge in [0.1, 0.15) is 5.75 Å². The van der Waals surface area contributed by atoms with E-state index in [1.54, 1.807) is 6.08 Å². The summed E-state index contributed by atoms with van der Waals surface area (Å²) in [5, 5.41) is 2.89. The number of halogens is 1. The predicted molar refractivity (Wildman–Crippen MR) is 121 cm³/mol. The summed E-state index contributed by atoms with van der Waals surface area (Å²) in [5.74, 6) is 0.514. The van der Waals surface area contributed by atoms with Gasteiger partial charge in [-0.05, 0) is 68.6 Å². The Morgan fingerprint density at radius 1 is 1.20 bits per heavy atom. The van der Waals surface area contributed by atoms with Gasteiger partial charge >= 0.3 is 0 Å². The highest BCUT2D eigenvalue weighted by molar-refractivity contribution is 6.02. The lowest BCUT2D eigenvalue weighted by Gasteiger charge is -2.22. The number of amides is 1. The van der Waals surface area contributed by atoms with Gasteiger partial charge in [0.05, 0.1) is 13.3 Å². The summed E-state index contributed by atoms with van der Waals surface area (Å²) >= 11 is 0. The number of nitrogens with zero attached hydrogens (tertiary/aromatic N) is 2. The summed E-state index contributed by atoms with van der Waals surface area (Å²) in [6.07, 6.45) is 4.81. The van der Waals surface area contributed by atoms with Crippen LogP contribution >= 0.6 is 0 Å². The Balaban J connectivity index is 1.49. The quantitative estimate of drug-likeness (QED) is 0.496. The van der Waals surface area contributed by atoms with Gasteiger partial charge in [-0.2, -0.15) is 0 Å². The average Bonchev–Trinajstić information content (AvgIpc) is 3.25. The molecule has 1 aliphatic heterocycles. The van der Waals surface area contributed by atoms with Crippen molar-refractivity contribution in [3.8, 4) is 5.75 Å². The Hall–Kier alpha value is -2.86. The van der Waals surface area contributed by atoms with Crippen molar-refractivity contribution in [3.63, 3.8) is 0 Å². The van der Waals surface area contributed by atoms with Crippen LogP contribution in [-0.2, 0) is 4.79 Å². The van der Waals surface area contributed by atoms with Crippen molar-refractivity contribution in [2.24, 2.45) is 0 Å². The lowest BCUT2D eigenvalue weighted by molar-refractivity contribution is -0.111. The average molecular weight is 412 g/mol. The number of ether oxygens (including phenoxy) is 1. The Morgan fingerprint density at radius 3 is 2.57 bits per heavy atom. The number of likely N-dealkylation sites (N-methyl/N-ethyl adjacent to an activating group) is 1. The highest BCUT2D eigenvalue weighted by Gasteiger charge is 2.23. The van der Waals surface area contributed by atoms with Crippen LogP contribution in [0.25, 0.3) is 6.08 Å². The lowest BCUT2D eigenvalue weighted by Crippen LogP contribution is -2.31. The van der Waals surface area contributed by atoms with Crippen LogP contribution in [0.1, 0.15) is 18.4 Å². The number of benzene rings is 2. The van der Waals surface area contributed by atoms with Crippen LogP contribution in [-0.4, -0.2) is 57.3 Å². The molecule has 0 bridgehead atoms. The zero-order valence-electron chi connectivity index (χ0n) is 17.7. The van der Waals surface area contributed by atoms with Crippen LogP contribution in [0, 0.1) is 0 Å². The van der Waals surface area contributed by atoms with E-state index >= 15 is 0 Å². The lowest BCUT2D eigenvalue weighted by atomic mass is 10.2. The van der Waals surface area contributed by atoms with E-state index in [2.05, 4.69) is 41.3 Å².